The summed E-state index contributed by atoms with van der Waals surface area (Å²) in [6.45, 7) is 1.90. The van der Waals surface area contributed by atoms with E-state index in [4.69, 9.17) is 5.26 Å². The molecule has 2 rings (SSSR count). The van der Waals surface area contributed by atoms with E-state index in [0.717, 1.165) is 11.5 Å². The number of hydrogen-bond acceptors (Lipinski definition) is 6. The highest BCUT2D eigenvalue weighted by Crippen LogP contribution is 2.17. The molecular formula is C10H10N6OS. The normalized spacial score (nSPS) is 10.1. The Morgan fingerprint density at radius 3 is 3.11 bits per heavy atom. The molecular weight excluding hydrogens is 252 g/mol. The fourth-order valence-electron chi connectivity index (χ4n) is 1.44. The van der Waals surface area contributed by atoms with Crippen LogP contribution in [0.1, 0.15) is 27.9 Å². The average molecular weight is 262 g/mol. The maximum absolute atomic E-state index is 12.0. The lowest BCUT2D eigenvalue weighted by molar-refractivity contribution is 0.102. The predicted molar refractivity (Wildman–Crippen MR) is 65.2 cm³/mol. The van der Waals surface area contributed by atoms with Gasteiger partial charge < -0.3 is 5.32 Å². The monoisotopic (exact) mass is 262 g/mol. The molecule has 8 heteroatoms. The van der Waals surface area contributed by atoms with Crippen molar-refractivity contribution in [3.63, 3.8) is 0 Å². The maximum atomic E-state index is 12.0. The van der Waals surface area contributed by atoms with Crippen molar-refractivity contribution >= 4 is 23.3 Å². The number of aryl methyl sites for hydroxylation is 2. The van der Waals surface area contributed by atoms with Crippen molar-refractivity contribution in [3.8, 4) is 6.07 Å². The Morgan fingerprint density at radius 1 is 1.67 bits per heavy atom. The minimum atomic E-state index is -0.318. The van der Waals surface area contributed by atoms with E-state index in [2.05, 4.69) is 20.0 Å². The Kier molecular flexibility index (Phi) is 3.34. The van der Waals surface area contributed by atoms with Crippen molar-refractivity contribution in [2.75, 3.05) is 5.32 Å². The fraction of sp³-hybridized carbons (Fsp3) is 0.300. The summed E-state index contributed by atoms with van der Waals surface area (Å²) in [6.07, 6.45) is 2.04. The van der Waals surface area contributed by atoms with Gasteiger partial charge in [0.25, 0.3) is 5.91 Å². The van der Waals surface area contributed by atoms with E-state index in [1.807, 2.05) is 13.0 Å². The molecule has 92 valence electrons. The van der Waals surface area contributed by atoms with Crippen LogP contribution in [0, 0.1) is 11.3 Å². The number of nitriles is 1. The third-order valence-corrected chi connectivity index (χ3v) is 3.15. The third kappa shape index (κ3) is 2.08. The van der Waals surface area contributed by atoms with Crippen molar-refractivity contribution in [2.45, 2.75) is 13.3 Å². The molecule has 2 aromatic rings. The zero-order valence-electron chi connectivity index (χ0n) is 9.84. The molecule has 1 N–H and O–H groups in total. The van der Waals surface area contributed by atoms with Crippen molar-refractivity contribution in [1.29, 1.82) is 5.26 Å². The highest BCUT2D eigenvalue weighted by atomic mass is 32.1. The Balaban J connectivity index is 2.27. The lowest BCUT2D eigenvalue weighted by Gasteiger charge is -2.04. The average Bonchev–Trinajstić information content (AvgIpc) is 2.97. The minimum Gasteiger partial charge on any atom is -0.305 e. The van der Waals surface area contributed by atoms with E-state index in [1.165, 1.54) is 10.9 Å². The van der Waals surface area contributed by atoms with Crippen molar-refractivity contribution in [1.82, 2.24) is 19.4 Å². The smallest absolute Gasteiger partial charge is 0.270 e. The van der Waals surface area contributed by atoms with Crippen LogP contribution in [0.5, 0.6) is 0 Å². The Bertz CT molecular complexity index is 623. The lowest BCUT2D eigenvalue weighted by Crippen LogP contribution is -2.15. The van der Waals surface area contributed by atoms with Crippen LogP contribution < -0.4 is 5.32 Å². The van der Waals surface area contributed by atoms with E-state index in [9.17, 15) is 4.79 Å². The third-order valence-electron chi connectivity index (χ3n) is 2.39. The van der Waals surface area contributed by atoms with Gasteiger partial charge in [-0.2, -0.15) is 10.4 Å². The van der Waals surface area contributed by atoms with Gasteiger partial charge >= 0.3 is 0 Å². The van der Waals surface area contributed by atoms with Gasteiger partial charge in [0.1, 0.15) is 22.3 Å². The summed E-state index contributed by atoms with van der Waals surface area (Å²) >= 11 is 1.04. The van der Waals surface area contributed by atoms with E-state index < -0.39 is 0 Å². The van der Waals surface area contributed by atoms with Crippen LogP contribution in [0.15, 0.2) is 6.20 Å². The molecule has 1 amide bonds. The van der Waals surface area contributed by atoms with Gasteiger partial charge in [0, 0.05) is 7.05 Å². The summed E-state index contributed by atoms with van der Waals surface area (Å²) in [5.74, 6) is 0.0555. The summed E-state index contributed by atoms with van der Waals surface area (Å²) < 4.78 is 5.19. The molecule has 0 bridgehead atoms. The Hall–Kier alpha value is -2.27. The van der Waals surface area contributed by atoms with Crippen LogP contribution in [-0.2, 0) is 13.5 Å². The van der Waals surface area contributed by atoms with Crippen LogP contribution in [0.4, 0.5) is 5.82 Å². The molecule has 0 spiro atoms. The molecule has 0 aliphatic rings. The fourth-order valence-corrected chi connectivity index (χ4v) is 2.09. The number of carbonyl (C=O) groups is 1. The summed E-state index contributed by atoms with van der Waals surface area (Å²) in [5, 5.41) is 19.3. The molecule has 7 nitrogen and oxygen atoms in total. The van der Waals surface area contributed by atoms with Gasteiger partial charge in [-0.15, -0.1) is 5.10 Å². The lowest BCUT2D eigenvalue weighted by atomic mass is 10.3. The van der Waals surface area contributed by atoms with Crippen LogP contribution >= 0.6 is 11.5 Å². The molecule has 0 aliphatic carbocycles. The number of carbonyl (C=O) groups excluding carboxylic acids is 1. The molecule has 0 fully saturated rings. The number of hydrogen-bond donors (Lipinski definition) is 1. The van der Waals surface area contributed by atoms with Gasteiger partial charge in [0.05, 0.1) is 11.9 Å². The first-order valence-corrected chi connectivity index (χ1v) is 5.99. The van der Waals surface area contributed by atoms with Crippen molar-refractivity contribution in [2.24, 2.45) is 7.05 Å². The molecule has 0 saturated heterocycles. The molecule has 0 aliphatic heterocycles. The molecule has 0 radical (unpaired) electrons. The zero-order valence-corrected chi connectivity index (χ0v) is 10.7. The minimum absolute atomic E-state index is 0.318. The van der Waals surface area contributed by atoms with E-state index in [0.29, 0.717) is 28.4 Å². The quantitative estimate of drug-likeness (QED) is 0.888. The summed E-state index contributed by atoms with van der Waals surface area (Å²) in [7, 11) is 1.65. The summed E-state index contributed by atoms with van der Waals surface area (Å²) in [5.41, 5.74) is 0.972. The van der Waals surface area contributed by atoms with Gasteiger partial charge in [0.2, 0.25) is 0 Å². The van der Waals surface area contributed by atoms with Gasteiger partial charge in [0.15, 0.2) is 0 Å². The molecule has 2 heterocycles. The maximum Gasteiger partial charge on any atom is 0.270 e. The van der Waals surface area contributed by atoms with Gasteiger partial charge in [-0.25, -0.2) is 0 Å². The topological polar surface area (TPSA) is 96.5 Å². The molecule has 0 atom stereocenters. The van der Waals surface area contributed by atoms with E-state index >= 15 is 0 Å². The number of nitrogens with one attached hydrogen (secondary N) is 1. The first kappa shape index (κ1) is 12.2. The second-order valence-corrected chi connectivity index (χ2v) is 4.25. The standard InChI is InChI=1S/C10H10N6OS/c1-3-7-8(18-15-14-7)10(17)13-9-6(4-11)5-12-16(9)2/h5H,3H2,1-2H3,(H,13,17). The first-order chi connectivity index (χ1) is 8.67. The zero-order chi connectivity index (χ0) is 13.1. The number of nitrogens with zero attached hydrogens (tertiary/aromatic N) is 5. The second-order valence-electron chi connectivity index (χ2n) is 3.50. The number of amides is 1. The molecule has 0 unspecified atom stereocenters. The Morgan fingerprint density at radius 2 is 2.44 bits per heavy atom. The largest absolute Gasteiger partial charge is 0.305 e. The van der Waals surface area contributed by atoms with Crippen LogP contribution in [0.3, 0.4) is 0 Å². The van der Waals surface area contributed by atoms with Crippen LogP contribution in [-0.4, -0.2) is 25.3 Å². The van der Waals surface area contributed by atoms with Gasteiger partial charge in [-0.1, -0.05) is 11.4 Å². The second kappa shape index (κ2) is 4.93. The SMILES string of the molecule is CCc1nnsc1C(=O)Nc1c(C#N)cnn1C. The molecule has 0 saturated carbocycles. The molecule has 0 aromatic carbocycles. The van der Waals surface area contributed by atoms with Gasteiger partial charge in [-0.05, 0) is 18.0 Å². The van der Waals surface area contributed by atoms with Gasteiger partial charge in [-0.3, -0.25) is 9.48 Å². The van der Waals surface area contributed by atoms with Crippen molar-refractivity contribution < 1.29 is 4.79 Å². The number of rotatable bonds is 3. The predicted octanol–water partition coefficient (Wildman–Crippen LogP) is 0.958. The highest BCUT2D eigenvalue weighted by Gasteiger charge is 2.18. The van der Waals surface area contributed by atoms with Crippen molar-refractivity contribution in [3.05, 3.63) is 22.3 Å². The number of anilines is 1. The molecule has 2 aromatic heterocycles. The Labute approximate surface area is 107 Å². The van der Waals surface area contributed by atoms with Crippen LogP contribution in [0.2, 0.25) is 0 Å². The summed E-state index contributed by atoms with van der Waals surface area (Å²) in [4.78, 5) is 12.5. The van der Waals surface area contributed by atoms with E-state index in [1.54, 1.807) is 7.05 Å². The highest BCUT2D eigenvalue weighted by molar-refractivity contribution is 7.08. The van der Waals surface area contributed by atoms with E-state index in [-0.39, 0.29) is 5.91 Å². The molecule has 18 heavy (non-hydrogen) atoms. The first-order valence-electron chi connectivity index (χ1n) is 5.22. The number of aromatic nitrogens is 4. The van der Waals surface area contributed by atoms with Crippen LogP contribution in [0.25, 0.3) is 0 Å². The summed E-state index contributed by atoms with van der Waals surface area (Å²) in [6, 6.07) is 1.97.